The number of allylic oxidation sites excluding steroid dienone is 1. The first kappa shape index (κ1) is 13.6. The third-order valence-electron chi connectivity index (χ3n) is 2.93. The Kier molecular flexibility index (Phi) is 4.23. The normalized spacial score (nSPS) is 18.8. The number of carbonyl (C=O) groups is 1. The molecule has 1 atom stereocenters. The summed E-state index contributed by atoms with van der Waals surface area (Å²) in [6.07, 6.45) is 2.72. The maximum absolute atomic E-state index is 11.9. The van der Waals surface area contributed by atoms with E-state index in [1.54, 1.807) is 24.1 Å². The Morgan fingerprint density at radius 3 is 2.79 bits per heavy atom. The van der Waals surface area contributed by atoms with E-state index in [0.717, 1.165) is 11.3 Å². The lowest BCUT2D eigenvalue weighted by atomic mass is 10.0. The summed E-state index contributed by atoms with van der Waals surface area (Å²) in [6, 6.07) is 9.29. The van der Waals surface area contributed by atoms with Gasteiger partial charge in [-0.05, 0) is 36.2 Å². The van der Waals surface area contributed by atoms with Gasteiger partial charge in [0.15, 0.2) is 6.61 Å². The van der Waals surface area contributed by atoms with Crippen molar-refractivity contribution in [3.63, 3.8) is 0 Å². The summed E-state index contributed by atoms with van der Waals surface area (Å²) in [7, 11) is 1.77. The van der Waals surface area contributed by atoms with E-state index in [0.29, 0.717) is 12.2 Å². The van der Waals surface area contributed by atoms with Gasteiger partial charge >= 0.3 is 0 Å². The predicted octanol–water partition coefficient (Wildman–Crippen LogP) is 2.56. The second-order valence-electron chi connectivity index (χ2n) is 4.16. The fraction of sp³-hybridized carbons (Fsp3) is 0.286. The van der Waals surface area contributed by atoms with Crippen LogP contribution in [0.5, 0.6) is 5.75 Å². The first-order chi connectivity index (χ1) is 9.13. The first-order valence-corrected chi connectivity index (χ1v) is 6.77. The van der Waals surface area contributed by atoms with E-state index in [9.17, 15) is 4.79 Å². The van der Waals surface area contributed by atoms with Crippen LogP contribution in [-0.4, -0.2) is 29.3 Å². The van der Waals surface area contributed by atoms with Gasteiger partial charge in [0.1, 0.15) is 11.8 Å². The molecule has 0 fully saturated rings. The van der Waals surface area contributed by atoms with Crippen LogP contribution in [0.1, 0.15) is 12.0 Å². The molecular weight excluding hydrogens is 308 g/mol. The number of ether oxygens (including phenoxy) is 1. The molecule has 0 saturated carbocycles. The maximum Gasteiger partial charge on any atom is 0.240 e. The van der Waals surface area contributed by atoms with Crippen LogP contribution in [0.3, 0.4) is 0 Å². The van der Waals surface area contributed by atoms with Gasteiger partial charge < -0.3 is 9.64 Å². The molecule has 0 aliphatic carbocycles. The molecule has 0 aromatic heterocycles. The highest BCUT2D eigenvalue weighted by molar-refractivity contribution is 9.10. The predicted molar refractivity (Wildman–Crippen MR) is 75.6 cm³/mol. The highest BCUT2D eigenvalue weighted by Crippen LogP contribution is 2.28. The second kappa shape index (κ2) is 5.89. The van der Waals surface area contributed by atoms with Crippen molar-refractivity contribution in [1.29, 1.82) is 5.26 Å². The Morgan fingerprint density at radius 1 is 1.47 bits per heavy atom. The van der Waals surface area contributed by atoms with Gasteiger partial charge in [-0.3, -0.25) is 4.79 Å². The van der Waals surface area contributed by atoms with Crippen molar-refractivity contribution in [2.45, 2.75) is 11.2 Å². The molecule has 1 aliphatic rings. The average molecular weight is 321 g/mol. The molecule has 4 nitrogen and oxygen atoms in total. The van der Waals surface area contributed by atoms with Gasteiger partial charge in [0.2, 0.25) is 5.91 Å². The zero-order valence-electron chi connectivity index (χ0n) is 10.5. The molecule has 19 heavy (non-hydrogen) atoms. The van der Waals surface area contributed by atoms with E-state index in [2.05, 4.69) is 15.9 Å². The fourth-order valence-corrected chi connectivity index (χ4v) is 2.42. The molecule has 1 heterocycles. The largest absolute Gasteiger partial charge is 0.479 e. The minimum absolute atomic E-state index is 0.0334. The Bertz CT molecular complexity index is 546. The van der Waals surface area contributed by atoms with Gasteiger partial charge in [-0.2, -0.15) is 5.26 Å². The molecular formula is C14H13BrN2O2. The lowest BCUT2D eigenvalue weighted by molar-refractivity contribution is -0.126. The second-order valence-corrected chi connectivity index (χ2v) is 5.27. The van der Waals surface area contributed by atoms with Crippen LogP contribution in [0.2, 0.25) is 0 Å². The number of nitriles is 1. The highest BCUT2D eigenvalue weighted by atomic mass is 79.9. The summed E-state index contributed by atoms with van der Waals surface area (Å²) in [6.45, 7) is 0.0334. The smallest absolute Gasteiger partial charge is 0.240 e. The lowest BCUT2D eigenvalue weighted by Crippen LogP contribution is -2.35. The van der Waals surface area contributed by atoms with E-state index in [1.165, 1.54) is 0 Å². The number of alkyl halides is 1. The van der Waals surface area contributed by atoms with Crippen LogP contribution >= 0.6 is 15.9 Å². The van der Waals surface area contributed by atoms with E-state index in [-0.39, 0.29) is 17.3 Å². The van der Waals surface area contributed by atoms with Gasteiger partial charge in [-0.25, -0.2) is 0 Å². The monoisotopic (exact) mass is 320 g/mol. The quantitative estimate of drug-likeness (QED) is 0.804. The van der Waals surface area contributed by atoms with E-state index < -0.39 is 0 Å². The summed E-state index contributed by atoms with van der Waals surface area (Å²) < 4.78 is 5.19. The van der Waals surface area contributed by atoms with E-state index >= 15 is 0 Å². The summed E-state index contributed by atoms with van der Waals surface area (Å²) in [5.41, 5.74) is 1.85. The number of hydrogen-bond donors (Lipinski definition) is 0. The van der Waals surface area contributed by atoms with Gasteiger partial charge in [0.05, 0.1) is 4.83 Å². The van der Waals surface area contributed by atoms with Gasteiger partial charge in [-0.15, -0.1) is 0 Å². The standard InChI is InChI=1S/C14H13BrN2O2/c1-17-13(7-6-12(15)14(17)18)10-2-4-11(5-3-10)19-9-8-16/h2-5,7,12H,6,9H2,1H3. The molecule has 0 saturated heterocycles. The molecule has 1 aliphatic heterocycles. The number of amides is 1. The minimum atomic E-state index is -0.139. The average Bonchev–Trinajstić information content (AvgIpc) is 2.44. The molecule has 98 valence electrons. The topological polar surface area (TPSA) is 53.3 Å². The van der Waals surface area contributed by atoms with Crippen molar-refractivity contribution in [3.8, 4) is 11.8 Å². The molecule has 0 bridgehead atoms. The fourth-order valence-electron chi connectivity index (χ4n) is 1.93. The van der Waals surface area contributed by atoms with Crippen molar-refractivity contribution in [3.05, 3.63) is 35.9 Å². The van der Waals surface area contributed by atoms with Crippen molar-refractivity contribution in [1.82, 2.24) is 4.90 Å². The number of halogens is 1. The van der Waals surface area contributed by atoms with Crippen LogP contribution in [0.25, 0.3) is 5.70 Å². The Balaban J connectivity index is 2.19. The molecule has 0 spiro atoms. The molecule has 2 rings (SSSR count). The maximum atomic E-state index is 11.9. The highest BCUT2D eigenvalue weighted by Gasteiger charge is 2.26. The lowest BCUT2D eigenvalue weighted by Gasteiger charge is -2.27. The summed E-state index contributed by atoms with van der Waals surface area (Å²) in [5, 5.41) is 8.44. The van der Waals surface area contributed by atoms with Gasteiger partial charge in [0, 0.05) is 12.7 Å². The van der Waals surface area contributed by atoms with Crippen LogP contribution in [0.4, 0.5) is 0 Å². The Hall–Kier alpha value is -1.80. The molecule has 1 aromatic carbocycles. The van der Waals surface area contributed by atoms with Crippen LogP contribution in [0, 0.1) is 11.3 Å². The van der Waals surface area contributed by atoms with Gasteiger partial charge in [0.25, 0.3) is 0 Å². The zero-order chi connectivity index (χ0) is 13.8. The molecule has 1 aromatic rings. The van der Waals surface area contributed by atoms with Crippen molar-refractivity contribution < 1.29 is 9.53 Å². The summed E-state index contributed by atoms with van der Waals surface area (Å²) in [5.74, 6) is 0.705. The third kappa shape index (κ3) is 2.96. The molecule has 0 radical (unpaired) electrons. The number of nitrogens with zero attached hydrogens (tertiary/aromatic N) is 2. The van der Waals surface area contributed by atoms with E-state index in [1.807, 2.05) is 24.3 Å². The molecule has 1 amide bonds. The van der Waals surface area contributed by atoms with Gasteiger partial charge in [-0.1, -0.05) is 22.0 Å². The van der Waals surface area contributed by atoms with Crippen LogP contribution < -0.4 is 4.74 Å². The van der Waals surface area contributed by atoms with Crippen molar-refractivity contribution >= 4 is 27.5 Å². The molecule has 1 unspecified atom stereocenters. The minimum Gasteiger partial charge on any atom is -0.479 e. The number of rotatable bonds is 3. The van der Waals surface area contributed by atoms with Crippen molar-refractivity contribution in [2.24, 2.45) is 0 Å². The Labute approximate surface area is 120 Å². The number of hydrogen-bond acceptors (Lipinski definition) is 3. The molecule has 5 heteroatoms. The summed E-state index contributed by atoms with van der Waals surface area (Å²) >= 11 is 3.35. The number of benzene rings is 1. The first-order valence-electron chi connectivity index (χ1n) is 5.85. The van der Waals surface area contributed by atoms with Crippen LogP contribution in [0.15, 0.2) is 30.3 Å². The van der Waals surface area contributed by atoms with Crippen LogP contribution in [-0.2, 0) is 4.79 Å². The zero-order valence-corrected chi connectivity index (χ0v) is 12.1. The Morgan fingerprint density at radius 2 is 2.16 bits per heavy atom. The SMILES string of the molecule is CN1C(=O)C(Br)CC=C1c1ccc(OCC#N)cc1. The summed E-state index contributed by atoms with van der Waals surface area (Å²) in [4.78, 5) is 13.4. The molecule has 0 N–H and O–H groups in total. The van der Waals surface area contributed by atoms with E-state index in [4.69, 9.17) is 10.00 Å². The van der Waals surface area contributed by atoms with Crippen molar-refractivity contribution in [2.75, 3.05) is 13.7 Å². The number of carbonyl (C=O) groups excluding carboxylic acids is 1. The third-order valence-corrected chi connectivity index (χ3v) is 3.70.